The molecular formula is C16H17N3O2S2. The minimum atomic E-state index is -3.59. The molecule has 0 unspecified atom stereocenters. The number of hydrogen-bond acceptors (Lipinski definition) is 5. The summed E-state index contributed by atoms with van der Waals surface area (Å²) in [4.78, 5) is 4.71. The van der Waals surface area contributed by atoms with Crippen LogP contribution in [0.4, 0.5) is 0 Å². The topological polar surface area (TPSA) is 74.1 Å². The van der Waals surface area contributed by atoms with E-state index in [1.54, 1.807) is 23.4 Å². The van der Waals surface area contributed by atoms with Crippen LogP contribution in [-0.2, 0) is 10.0 Å². The lowest BCUT2D eigenvalue weighted by molar-refractivity contribution is 0.391. The Morgan fingerprint density at radius 3 is 2.78 bits per heavy atom. The van der Waals surface area contributed by atoms with E-state index in [0.717, 1.165) is 23.5 Å². The van der Waals surface area contributed by atoms with Gasteiger partial charge in [0.25, 0.3) is 0 Å². The molecule has 1 aromatic carbocycles. The highest BCUT2D eigenvalue weighted by Gasteiger charge is 2.37. The molecule has 1 aliphatic rings. The number of hydrogen-bond donors (Lipinski definition) is 0. The highest BCUT2D eigenvalue weighted by Crippen LogP contribution is 2.37. The molecule has 3 rings (SSSR count). The van der Waals surface area contributed by atoms with Gasteiger partial charge in [-0.3, -0.25) is 0 Å². The van der Waals surface area contributed by atoms with Crippen LogP contribution in [0.1, 0.15) is 40.7 Å². The first kappa shape index (κ1) is 16.1. The van der Waals surface area contributed by atoms with E-state index < -0.39 is 10.0 Å². The lowest BCUT2D eigenvalue weighted by atomic mass is 10.1. The van der Waals surface area contributed by atoms with Gasteiger partial charge in [-0.25, -0.2) is 13.4 Å². The zero-order valence-electron chi connectivity index (χ0n) is 13.0. The molecule has 2 heterocycles. The summed E-state index contributed by atoms with van der Waals surface area (Å²) >= 11 is 1.54. The summed E-state index contributed by atoms with van der Waals surface area (Å²) in [6.07, 6.45) is 1.62. The van der Waals surface area contributed by atoms with Crippen LogP contribution in [0.25, 0.3) is 0 Å². The van der Waals surface area contributed by atoms with E-state index in [1.165, 1.54) is 17.4 Å². The quantitative estimate of drug-likeness (QED) is 0.855. The van der Waals surface area contributed by atoms with Crippen molar-refractivity contribution in [1.29, 1.82) is 5.26 Å². The van der Waals surface area contributed by atoms with E-state index in [-0.39, 0.29) is 10.9 Å². The second-order valence-electron chi connectivity index (χ2n) is 5.65. The summed E-state index contributed by atoms with van der Waals surface area (Å²) < 4.78 is 27.5. The minimum absolute atomic E-state index is 0.194. The summed E-state index contributed by atoms with van der Waals surface area (Å²) in [6, 6.07) is 6.54. The summed E-state index contributed by atoms with van der Waals surface area (Å²) in [5.41, 5.74) is 2.00. The summed E-state index contributed by atoms with van der Waals surface area (Å²) in [5.74, 6) is 0. The van der Waals surface area contributed by atoms with E-state index in [9.17, 15) is 8.42 Å². The van der Waals surface area contributed by atoms with Crippen molar-refractivity contribution in [1.82, 2.24) is 9.29 Å². The van der Waals surface area contributed by atoms with Gasteiger partial charge >= 0.3 is 0 Å². The standard InChI is InChI=1S/C16H17N3O2S2/c1-11-8-14(6-5-13(11)9-17)23(20,21)19-7-3-4-16(19)15-10-22-12(2)18-15/h5-6,8,10,16H,3-4,7H2,1-2H3/t16-/m0/s1. The molecule has 1 fully saturated rings. The predicted molar refractivity (Wildman–Crippen MR) is 88.6 cm³/mol. The molecule has 0 amide bonds. The number of nitrogens with zero attached hydrogens (tertiary/aromatic N) is 3. The van der Waals surface area contributed by atoms with Crippen LogP contribution < -0.4 is 0 Å². The van der Waals surface area contributed by atoms with Gasteiger partial charge < -0.3 is 0 Å². The van der Waals surface area contributed by atoms with Gasteiger partial charge in [0.2, 0.25) is 10.0 Å². The maximum Gasteiger partial charge on any atom is 0.243 e. The Hall–Kier alpha value is -1.75. The average Bonchev–Trinajstić information content (AvgIpc) is 3.15. The van der Waals surface area contributed by atoms with E-state index in [0.29, 0.717) is 17.7 Å². The van der Waals surface area contributed by atoms with E-state index >= 15 is 0 Å². The SMILES string of the molecule is Cc1nc([C@@H]2CCCN2S(=O)(=O)c2ccc(C#N)c(C)c2)cs1. The maximum atomic E-state index is 13.0. The lowest BCUT2D eigenvalue weighted by Crippen LogP contribution is -2.31. The second-order valence-corrected chi connectivity index (χ2v) is 8.61. The molecule has 1 atom stereocenters. The number of thiazole rings is 1. The van der Waals surface area contributed by atoms with Crippen molar-refractivity contribution in [2.24, 2.45) is 0 Å². The Labute approximate surface area is 140 Å². The molecule has 1 aromatic heterocycles. The molecule has 5 nitrogen and oxygen atoms in total. The number of aryl methyl sites for hydroxylation is 2. The number of sulfonamides is 1. The normalized spacial score (nSPS) is 18.9. The Morgan fingerprint density at radius 2 is 2.17 bits per heavy atom. The Morgan fingerprint density at radius 1 is 1.39 bits per heavy atom. The van der Waals surface area contributed by atoms with Crippen molar-refractivity contribution in [3.05, 3.63) is 45.4 Å². The molecular weight excluding hydrogens is 330 g/mol. The fourth-order valence-electron chi connectivity index (χ4n) is 2.91. The van der Waals surface area contributed by atoms with Crippen LogP contribution in [0.15, 0.2) is 28.5 Å². The van der Waals surface area contributed by atoms with Gasteiger partial charge in [-0.05, 0) is 50.5 Å². The highest BCUT2D eigenvalue weighted by molar-refractivity contribution is 7.89. The van der Waals surface area contributed by atoms with Gasteiger partial charge in [-0.1, -0.05) is 0 Å². The lowest BCUT2D eigenvalue weighted by Gasteiger charge is -2.23. The molecule has 1 aliphatic heterocycles. The summed E-state index contributed by atoms with van der Waals surface area (Å²) in [6.45, 7) is 4.18. The van der Waals surface area contributed by atoms with Crippen LogP contribution in [0, 0.1) is 25.2 Å². The molecule has 0 spiro atoms. The van der Waals surface area contributed by atoms with Crippen LogP contribution in [0.3, 0.4) is 0 Å². The van der Waals surface area contributed by atoms with Gasteiger partial charge in [0.15, 0.2) is 0 Å². The summed E-state index contributed by atoms with van der Waals surface area (Å²) in [5, 5.41) is 11.9. The minimum Gasteiger partial charge on any atom is -0.245 e. The number of aromatic nitrogens is 1. The molecule has 0 bridgehead atoms. The van der Waals surface area contributed by atoms with Crippen molar-refractivity contribution >= 4 is 21.4 Å². The first-order chi connectivity index (χ1) is 10.9. The first-order valence-corrected chi connectivity index (χ1v) is 9.70. The molecule has 0 N–H and O–H groups in total. The van der Waals surface area contributed by atoms with Crippen molar-refractivity contribution < 1.29 is 8.42 Å². The third-order valence-electron chi connectivity index (χ3n) is 4.11. The Balaban J connectivity index is 1.98. The molecule has 1 saturated heterocycles. The van der Waals surface area contributed by atoms with Crippen LogP contribution in [-0.4, -0.2) is 24.3 Å². The average molecular weight is 347 g/mol. The smallest absolute Gasteiger partial charge is 0.243 e. The van der Waals surface area contributed by atoms with Crippen molar-refractivity contribution in [3.8, 4) is 6.07 Å². The van der Waals surface area contributed by atoms with Crippen molar-refractivity contribution in [3.63, 3.8) is 0 Å². The van der Waals surface area contributed by atoms with E-state index in [1.807, 2.05) is 12.3 Å². The number of rotatable bonds is 3. The van der Waals surface area contributed by atoms with Crippen LogP contribution >= 0.6 is 11.3 Å². The molecule has 0 aliphatic carbocycles. The van der Waals surface area contributed by atoms with Gasteiger partial charge in [0.05, 0.1) is 33.3 Å². The Bertz CT molecular complexity index is 881. The Kier molecular flexibility index (Phi) is 4.23. The maximum absolute atomic E-state index is 13.0. The van der Waals surface area contributed by atoms with Crippen LogP contribution in [0.2, 0.25) is 0 Å². The molecule has 0 saturated carbocycles. The predicted octanol–water partition coefficient (Wildman–Crippen LogP) is 3.16. The second kappa shape index (κ2) is 6.04. The van der Waals surface area contributed by atoms with Gasteiger partial charge in [0.1, 0.15) is 0 Å². The fourth-order valence-corrected chi connectivity index (χ4v) is 5.33. The van der Waals surface area contributed by atoms with Gasteiger partial charge in [-0.2, -0.15) is 9.57 Å². The van der Waals surface area contributed by atoms with E-state index in [4.69, 9.17) is 5.26 Å². The van der Waals surface area contributed by atoms with Crippen LogP contribution in [0.5, 0.6) is 0 Å². The monoisotopic (exact) mass is 347 g/mol. The van der Waals surface area contributed by atoms with E-state index in [2.05, 4.69) is 11.1 Å². The molecule has 7 heteroatoms. The van der Waals surface area contributed by atoms with Gasteiger partial charge in [-0.15, -0.1) is 11.3 Å². The fraction of sp³-hybridized carbons (Fsp3) is 0.375. The zero-order chi connectivity index (χ0) is 16.6. The molecule has 2 aromatic rings. The largest absolute Gasteiger partial charge is 0.245 e. The third kappa shape index (κ3) is 2.90. The van der Waals surface area contributed by atoms with Crippen molar-refractivity contribution in [2.45, 2.75) is 37.6 Å². The number of benzene rings is 1. The van der Waals surface area contributed by atoms with Gasteiger partial charge in [0, 0.05) is 11.9 Å². The molecule has 23 heavy (non-hydrogen) atoms. The summed E-state index contributed by atoms with van der Waals surface area (Å²) in [7, 11) is -3.59. The molecule has 120 valence electrons. The van der Waals surface area contributed by atoms with Crippen molar-refractivity contribution in [2.75, 3.05) is 6.54 Å². The number of nitriles is 1. The first-order valence-electron chi connectivity index (χ1n) is 7.38. The zero-order valence-corrected chi connectivity index (χ0v) is 14.6. The third-order valence-corrected chi connectivity index (χ3v) is 6.80. The highest BCUT2D eigenvalue weighted by atomic mass is 32.2. The molecule has 0 radical (unpaired) electrons.